The van der Waals surface area contributed by atoms with Gasteiger partial charge in [-0.05, 0) is 67.8 Å². The van der Waals surface area contributed by atoms with Crippen LogP contribution in [0.25, 0.3) is 17.1 Å². The highest BCUT2D eigenvalue weighted by molar-refractivity contribution is 5.92. The number of imidazole rings is 1. The molecule has 0 radical (unpaired) electrons. The SMILES string of the molecule is COc1ccc(OCCCCn2c(C(C)NC(=O)/C=C\c3ccccc3)nc3ccccc32)cc1. The minimum atomic E-state index is -0.231. The number of aryl methyl sites for hydroxylation is 1. The van der Waals surface area contributed by atoms with E-state index >= 15 is 0 Å². The number of para-hydroxylation sites is 2. The van der Waals surface area contributed by atoms with Crippen LogP contribution in [0, 0.1) is 0 Å². The fourth-order valence-electron chi connectivity index (χ4n) is 3.96. The lowest BCUT2D eigenvalue weighted by Gasteiger charge is -2.16. The van der Waals surface area contributed by atoms with Crippen LogP contribution in [0.1, 0.15) is 37.2 Å². The zero-order chi connectivity index (χ0) is 24.5. The van der Waals surface area contributed by atoms with Gasteiger partial charge in [-0.15, -0.1) is 0 Å². The number of nitrogens with zero attached hydrogens (tertiary/aromatic N) is 2. The standard InChI is InChI=1S/C29H31N3O3/c1-22(30-28(33)19-14-23-10-4-3-5-11-23)29-31-26-12-6-7-13-27(26)32(29)20-8-9-21-35-25-17-15-24(34-2)16-18-25/h3-7,10-19,22H,8-9,20-21H2,1-2H3,(H,30,33)/b19-14-. The minimum absolute atomic E-state index is 0.146. The first-order chi connectivity index (χ1) is 17.1. The van der Waals surface area contributed by atoms with Crippen molar-refractivity contribution in [3.8, 4) is 11.5 Å². The Morgan fingerprint density at radius 1 is 0.971 bits per heavy atom. The van der Waals surface area contributed by atoms with Crippen LogP contribution in [0.4, 0.5) is 0 Å². The van der Waals surface area contributed by atoms with Gasteiger partial charge in [-0.1, -0.05) is 42.5 Å². The molecule has 0 saturated heterocycles. The van der Waals surface area contributed by atoms with E-state index in [1.54, 1.807) is 13.2 Å². The van der Waals surface area contributed by atoms with Crippen molar-refractivity contribution in [2.75, 3.05) is 13.7 Å². The second kappa shape index (κ2) is 11.9. The van der Waals surface area contributed by atoms with Gasteiger partial charge in [0.2, 0.25) is 5.91 Å². The van der Waals surface area contributed by atoms with Crippen LogP contribution >= 0.6 is 0 Å². The smallest absolute Gasteiger partial charge is 0.244 e. The van der Waals surface area contributed by atoms with Gasteiger partial charge in [-0.2, -0.15) is 0 Å². The fraction of sp³-hybridized carbons (Fsp3) is 0.241. The van der Waals surface area contributed by atoms with E-state index in [0.29, 0.717) is 6.61 Å². The number of rotatable bonds is 11. The molecule has 1 atom stereocenters. The third-order valence-electron chi connectivity index (χ3n) is 5.76. The lowest BCUT2D eigenvalue weighted by Crippen LogP contribution is -2.27. The maximum absolute atomic E-state index is 12.5. The Hall–Kier alpha value is -4.06. The van der Waals surface area contributed by atoms with Crippen LogP contribution < -0.4 is 14.8 Å². The summed E-state index contributed by atoms with van der Waals surface area (Å²) < 4.78 is 13.2. The summed E-state index contributed by atoms with van der Waals surface area (Å²) in [6.07, 6.45) is 5.21. The van der Waals surface area contributed by atoms with Gasteiger partial charge in [-0.3, -0.25) is 4.79 Å². The van der Waals surface area contributed by atoms with Gasteiger partial charge in [0, 0.05) is 12.6 Å². The van der Waals surface area contributed by atoms with E-state index in [4.69, 9.17) is 14.5 Å². The summed E-state index contributed by atoms with van der Waals surface area (Å²) in [4.78, 5) is 17.4. The number of fused-ring (bicyclic) bond motifs is 1. The van der Waals surface area contributed by atoms with E-state index in [-0.39, 0.29) is 11.9 Å². The van der Waals surface area contributed by atoms with E-state index in [1.807, 2.05) is 85.8 Å². The third kappa shape index (κ3) is 6.51. The predicted octanol–water partition coefficient (Wildman–Crippen LogP) is 5.79. The van der Waals surface area contributed by atoms with Gasteiger partial charge < -0.3 is 19.4 Å². The van der Waals surface area contributed by atoms with E-state index in [0.717, 1.165) is 53.3 Å². The van der Waals surface area contributed by atoms with E-state index in [1.165, 1.54) is 0 Å². The summed E-state index contributed by atoms with van der Waals surface area (Å²) in [6.45, 7) is 3.39. The molecular formula is C29H31N3O3. The Labute approximate surface area is 206 Å². The van der Waals surface area contributed by atoms with Gasteiger partial charge in [0.15, 0.2) is 0 Å². The molecule has 3 aromatic carbocycles. The number of methoxy groups -OCH3 is 1. The monoisotopic (exact) mass is 469 g/mol. The number of hydrogen-bond donors (Lipinski definition) is 1. The molecule has 0 saturated carbocycles. The second-order valence-corrected chi connectivity index (χ2v) is 8.32. The molecule has 0 aliphatic heterocycles. The van der Waals surface area contributed by atoms with Crippen molar-refractivity contribution < 1.29 is 14.3 Å². The molecule has 0 aliphatic rings. The number of aromatic nitrogens is 2. The maximum Gasteiger partial charge on any atom is 0.244 e. The highest BCUT2D eigenvalue weighted by Gasteiger charge is 2.17. The van der Waals surface area contributed by atoms with Gasteiger partial charge in [-0.25, -0.2) is 4.98 Å². The first kappa shape index (κ1) is 24.1. The summed E-state index contributed by atoms with van der Waals surface area (Å²) in [6, 6.07) is 25.2. The first-order valence-electron chi connectivity index (χ1n) is 11.9. The molecule has 35 heavy (non-hydrogen) atoms. The Morgan fingerprint density at radius 3 is 2.46 bits per heavy atom. The topological polar surface area (TPSA) is 65.4 Å². The van der Waals surface area contributed by atoms with Gasteiger partial charge in [0.1, 0.15) is 17.3 Å². The summed E-state index contributed by atoms with van der Waals surface area (Å²) in [5.74, 6) is 2.35. The molecule has 0 aliphatic carbocycles. The zero-order valence-electron chi connectivity index (χ0n) is 20.2. The molecule has 1 unspecified atom stereocenters. The molecule has 0 bridgehead atoms. The van der Waals surface area contributed by atoms with E-state index < -0.39 is 0 Å². The average molecular weight is 470 g/mol. The highest BCUT2D eigenvalue weighted by Crippen LogP contribution is 2.22. The molecule has 0 fully saturated rings. The predicted molar refractivity (Wildman–Crippen MR) is 139 cm³/mol. The van der Waals surface area contributed by atoms with Gasteiger partial charge in [0.25, 0.3) is 0 Å². The Bertz CT molecular complexity index is 1260. The molecule has 1 N–H and O–H groups in total. The number of unbranched alkanes of at least 4 members (excludes halogenated alkanes) is 1. The first-order valence-corrected chi connectivity index (χ1v) is 11.9. The number of carbonyl (C=O) groups excluding carboxylic acids is 1. The number of ether oxygens (including phenoxy) is 2. The summed E-state index contributed by atoms with van der Waals surface area (Å²) in [7, 11) is 1.65. The zero-order valence-corrected chi connectivity index (χ0v) is 20.2. The molecule has 6 nitrogen and oxygen atoms in total. The van der Waals surface area contributed by atoms with Crippen molar-refractivity contribution in [3.63, 3.8) is 0 Å². The number of benzene rings is 3. The molecule has 0 spiro atoms. The minimum Gasteiger partial charge on any atom is -0.497 e. The molecule has 1 aromatic heterocycles. The molecule has 6 heteroatoms. The number of hydrogen-bond acceptors (Lipinski definition) is 4. The van der Waals surface area contributed by atoms with E-state index in [2.05, 4.69) is 16.0 Å². The van der Waals surface area contributed by atoms with Crippen LogP contribution in [0.15, 0.2) is 84.9 Å². The van der Waals surface area contributed by atoms with Crippen LogP contribution in [-0.4, -0.2) is 29.2 Å². The normalized spacial score (nSPS) is 12.1. The Kier molecular flexibility index (Phi) is 8.17. The van der Waals surface area contributed by atoms with Crippen LogP contribution in [0.5, 0.6) is 11.5 Å². The summed E-state index contributed by atoms with van der Waals surface area (Å²) in [5.41, 5.74) is 2.98. The maximum atomic E-state index is 12.5. The van der Waals surface area contributed by atoms with Gasteiger partial charge in [0.05, 0.1) is 30.8 Å². The van der Waals surface area contributed by atoms with Crippen molar-refractivity contribution in [1.82, 2.24) is 14.9 Å². The molecular weight excluding hydrogens is 438 g/mol. The van der Waals surface area contributed by atoms with Crippen LogP contribution in [0.3, 0.4) is 0 Å². The number of nitrogens with one attached hydrogen (secondary N) is 1. The van der Waals surface area contributed by atoms with Crippen LogP contribution in [-0.2, 0) is 11.3 Å². The van der Waals surface area contributed by atoms with Crippen molar-refractivity contribution >= 4 is 23.0 Å². The fourth-order valence-corrected chi connectivity index (χ4v) is 3.96. The molecule has 1 amide bonds. The molecule has 4 aromatic rings. The Balaban J connectivity index is 1.37. The molecule has 180 valence electrons. The van der Waals surface area contributed by atoms with Crippen molar-refractivity contribution in [2.45, 2.75) is 32.4 Å². The summed E-state index contributed by atoms with van der Waals surface area (Å²) in [5, 5.41) is 3.06. The molecule has 1 heterocycles. The third-order valence-corrected chi connectivity index (χ3v) is 5.76. The highest BCUT2D eigenvalue weighted by atomic mass is 16.5. The quantitative estimate of drug-likeness (QED) is 0.223. The van der Waals surface area contributed by atoms with Crippen molar-refractivity contribution in [3.05, 3.63) is 96.3 Å². The number of amides is 1. The van der Waals surface area contributed by atoms with E-state index in [9.17, 15) is 4.79 Å². The van der Waals surface area contributed by atoms with Crippen molar-refractivity contribution in [1.29, 1.82) is 0 Å². The largest absolute Gasteiger partial charge is 0.497 e. The Morgan fingerprint density at radius 2 is 1.69 bits per heavy atom. The van der Waals surface area contributed by atoms with Gasteiger partial charge >= 0.3 is 0 Å². The summed E-state index contributed by atoms with van der Waals surface area (Å²) >= 11 is 0. The lowest BCUT2D eigenvalue weighted by molar-refractivity contribution is -0.117. The second-order valence-electron chi connectivity index (χ2n) is 8.32. The van der Waals surface area contributed by atoms with Crippen molar-refractivity contribution in [2.24, 2.45) is 0 Å². The van der Waals surface area contributed by atoms with Crippen LogP contribution in [0.2, 0.25) is 0 Å². The molecule has 4 rings (SSSR count). The lowest BCUT2D eigenvalue weighted by atomic mass is 10.2. The number of carbonyl (C=O) groups is 1. The average Bonchev–Trinajstić information content (AvgIpc) is 3.27.